The Hall–Kier alpha value is -5.15. The van der Waals surface area contributed by atoms with Gasteiger partial charge >= 0.3 is 0 Å². The molecule has 212 valence electrons. The lowest BCUT2D eigenvalue weighted by Gasteiger charge is -2.24. The smallest absolute Gasteiger partial charge is 0.146 e. The molecule has 0 N–H and O–H groups in total. The number of aromatic nitrogens is 2. The van der Waals surface area contributed by atoms with E-state index in [0.29, 0.717) is 0 Å². The van der Waals surface area contributed by atoms with Crippen molar-refractivity contribution in [1.82, 2.24) is 9.55 Å². The minimum Gasteiger partial charge on any atom is -0.293 e. The molecule has 7 aromatic carbocycles. The van der Waals surface area contributed by atoms with Gasteiger partial charge in [-0.05, 0) is 62.0 Å². The maximum atomic E-state index is 5.44. The zero-order valence-corrected chi connectivity index (χ0v) is 27.0. The number of nitrogens with zero attached hydrogens (tertiary/aromatic N) is 2. The third-order valence-corrected chi connectivity index (χ3v) is 10.2. The molecule has 8 rings (SSSR count). The van der Waals surface area contributed by atoms with Crippen molar-refractivity contribution in [2.45, 2.75) is 0 Å². The van der Waals surface area contributed by atoms with Crippen molar-refractivity contribution < 1.29 is 0 Å². The fourth-order valence-electron chi connectivity index (χ4n) is 7.40. The summed E-state index contributed by atoms with van der Waals surface area (Å²) in [6.45, 7) is 0. The van der Waals surface area contributed by atoms with Crippen LogP contribution in [0.3, 0.4) is 0 Å². The monoisotopic (exact) mass is 582 g/mol. The minimum atomic E-state index is 0.979. The van der Waals surface area contributed by atoms with E-state index in [9.17, 15) is 0 Å². The summed E-state index contributed by atoms with van der Waals surface area (Å²) in [7, 11) is 11.3. The number of hydrogen-bond acceptors (Lipinski definition) is 1. The Morgan fingerprint density at radius 3 is 1.52 bits per heavy atom. The van der Waals surface area contributed by atoms with E-state index in [0.717, 1.165) is 16.9 Å². The lowest BCUT2D eigenvalue weighted by molar-refractivity contribution is 1.13. The summed E-state index contributed by atoms with van der Waals surface area (Å²) < 4.78 is 2.43. The van der Waals surface area contributed by atoms with E-state index in [4.69, 9.17) is 4.98 Å². The van der Waals surface area contributed by atoms with E-state index in [-0.39, 0.29) is 0 Å². The molecule has 2 nitrogen and oxygen atoms in total. The van der Waals surface area contributed by atoms with Gasteiger partial charge in [0.05, 0.1) is 11.0 Å². The van der Waals surface area contributed by atoms with Gasteiger partial charge in [0, 0.05) is 11.3 Å². The molecule has 0 spiro atoms. The van der Waals surface area contributed by atoms with Crippen molar-refractivity contribution in [3.05, 3.63) is 127 Å². The fourth-order valence-corrected chi connectivity index (χ4v) is 7.40. The van der Waals surface area contributed by atoms with Crippen LogP contribution in [0.1, 0.15) is 0 Å². The first-order valence-electron chi connectivity index (χ1n) is 16.1. The molecular weight excluding hydrogens is 551 g/mol. The molecule has 1 heterocycles. The van der Waals surface area contributed by atoms with Crippen molar-refractivity contribution in [2.75, 3.05) is 0 Å². The van der Waals surface area contributed by atoms with Crippen LogP contribution in [0.4, 0.5) is 0 Å². The van der Waals surface area contributed by atoms with Crippen LogP contribution in [0.15, 0.2) is 127 Å². The summed E-state index contributed by atoms with van der Waals surface area (Å²) in [6.07, 6.45) is 0. The zero-order valence-electron chi connectivity index (χ0n) is 27.0. The lowest BCUT2D eigenvalue weighted by atomic mass is 9.61. The highest BCUT2D eigenvalue weighted by molar-refractivity contribution is 6.68. The molecule has 0 aliphatic rings. The van der Waals surface area contributed by atoms with E-state index < -0.39 is 0 Å². The van der Waals surface area contributed by atoms with Crippen LogP contribution in [-0.4, -0.2) is 48.8 Å². The molecule has 0 aliphatic carbocycles. The number of imidazole rings is 1. The van der Waals surface area contributed by atoms with Crippen LogP contribution >= 0.6 is 0 Å². The van der Waals surface area contributed by atoms with Crippen LogP contribution in [0.25, 0.3) is 71.9 Å². The van der Waals surface area contributed by atoms with Crippen LogP contribution < -0.4 is 27.3 Å². The lowest BCUT2D eigenvalue weighted by Crippen LogP contribution is -2.56. The fraction of sp³-hybridized carbons (Fsp3) is 0. The molecule has 0 atom stereocenters. The largest absolute Gasteiger partial charge is 0.293 e. The van der Waals surface area contributed by atoms with Gasteiger partial charge in [0.15, 0.2) is 0 Å². The Balaban J connectivity index is 1.51. The second-order valence-electron chi connectivity index (χ2n) is 12.5. The Morgan fingerprint density at radius 2 is 0.891 bits per heavy atom. The summed E-state index contributed by atoms with van der Waals surface area (Å²) in [5.74, 6) is 0.979. The summed E-state index contributed by atoms with van der Waals surface area (Å²) in [6, 6.07) is 45.9. The SMILES string of the molecule is Bc1c(B)c(B)c(-n2c(-c3c4ccccc4c(-c4cccc(-c5ccccc5)c4)c4ccccc34)nc3ccccc32)c(B)c1B. The van der Waals surface area contributed by atoms with Crippen molar-refractivity contribution in [3.63, 3.8) is 0 Å². The Bertz CT molecular complexity index is 2400. The molecule has 0 radical (unpaired) electrons. The van der Waals surface area contributed by atoms with E-state index >= 15 is 0 Å². The first kappa shape index (κ1) is 28.3. The molecule has 0 unspecified atom stereocenters. The van der Waals surface area contributed by atoms with Crippen molar-refractivity contribution >= 4 is 99.1 Å². The molecule has 8 aromatic rings. The number of para-hydroxylation sites is 2. The van der Waals surface area contributed by atoms with Gasteiger partial charge in [-0.1, -0.05) is 131 Å². The highest BCUT2D eigenvalue weighted by Crippen LogP contribution is 2.44. The van der Waals surface area contributed by atoms with Crippen LogP contribution in [0.2, 0.25) is 0 Å². The summed E-state index contributed by atoms with van der Waals surface area (Å²) in [5, 5.41) is 4.86. The molecule has 0 fully saturated rings. The second kappa shape index (κ2) is 11.0. The summed E-state index contributed by atoms with van der Waals surface area (Å²) in [4.78, 5) is 5.44. The molecule has 1 aromatic heterocycles. The topological polar surface area (TPSA) is 17.8 Å². The zero-order chi connectivity index (χ0) is 31.5. The van der Waals surface area contributed by atoms with Crippen LogP contribution in [-0.2, 0) is 0 Å². The first-order chi connectivity index (χ1) is 22.4. The number of fused-ring (bicyclic) bond motifs is 3. The van der Waals surface area contributed by atoms with Crippen molar-refractivity contribution in [2.24, 2.45) is 0 Å². The average Bonchev–Trinajstić information content (AvgIpc) is 3.48. The van der Waals surface area contributed by atoms with Gasteiger partial charge in [0.1, 0.15) is 45.1 Å². The molecule has 0 amide bonds. The molecule has 7 heteroatoms. The number of rotatable bonds is 4. The van der Waals surface area contributed by atoms with E-state index in [1.165, 1.54) is 82.4 Å². The maximum Gasteiger partial charge on any atom is 0.146 e. The quantitative estimate of drug-likeness (QED) is 0.228. The van der Waals surface area contributed by atoms with Crippen LogP contribution in [0.5, 0.6) is 0 Å². The van der Waals surface area contributed by atoms with Gasteiger partial charge in [-0.2, -0.15) is 0 Å². The van der Waals surface area contributed by atoms with E-state index in [1.807, 2.05) is 0 Å². The highest BCUT2D eigenvalue weighted by Gasteiger charge is 2.24. The second-order valence-corrected chi connectivity index (χ2v) is 12.5. The Labute approximate surface area is 274 Å². The van der Waals surface area contributed by atoms with Gasteiger partial charge in [0.2, 0.25) is 0 Å². The molecule has 0 bridgehead atoms. The van der Waals surface area contributed by atoms with Gasteiger partial charge in [0.25, 0.3) is 0 Å². The van der Waals surface area contributed by atoms with E-state index in [1.54, 1.807) is 0 Å². The third kappa shape index (κ3) is 4.30. The normalized spacial score (nSPS) is 11.5. The minimum absolute atomic E-state index is 0.979. The molecule has 0 saturated carbocycles. The first-order valence-corrected chi connectivity index (χ1v) is 16.1. The predicted octanol–water partition coefficient (Wildman–Crippen LogP) is 1.62. The molecule has 46 heavy (non-hydrogen) atoms. The average molecular weight is 582 g/mol. The van der Waals surface area contributed by atoms with E-state index in [2.05, 4.69) is 171 Å². The number of hydrogen-bond donors (Lipinski definition) is 0. The predicted molar refractivity (Wildman–Crippen MR) is 213 cm³/mol. The highest BCUT2D eigenvalue weighted by atomic mass is 15.1. The standard InChI is InChI=1S/C39H31B5N2/c40-33-34(41)36(43)38(37(44)35(33)42)46-30-20-9-8-19-29(30)45-39(46)32-27-17-6-4-15-25(27)31(26-16-5-7-18-28(26)32)24-14-10-13-23(21-24)22-11-2-1-3-12-22/h1-21H,40-44H2. The molecular formula is C39H31B5N2. The molecule has 0 aliphatic heterocycles. The Kier molecular flexibility index (Phi) is 6.80. The Morgan fingerprint density at radius 1 is 0.413 bits per heavy atom. The summed E-state index contributed by atoms with van der Waals surface area (Å²) in [5.41, 5.74) is 16.1. The van der Waals surface area contributed by atoms with Gasteiger partial charge < -0.3 is 0 Å². The number of benzene rings is 7. The van der Waals surface area contributed by atoms with Gasteiger partial charge in [-0.25, -0.2) is 4.98 Å². The molecule has 0 saturated heterocycles. The maximum absolute atomic E-state index is 5.44. The van der Waals surface area contributed by atoms with Crippen molar-refractivity contribution in [1.29, 1.82) is 0 Å². The van der Waals surface area contributed by atoms with Crippen LogP contribution in [0, 0.1) is 0 Å². The van der Waals surface area contributed by atoms with Gasteiger partial charge in [-0.3, -0.25) is 4.57 Å². The summed E-state index contributed by atoms with van der Waals surface area (Å²) >= 11 is 0. The van der Waals surface area contributed by atoms with Gasteiger partial charge in [-0.15, -0.1) is 5.46 Å². The van der Waals surface area contributed by atoms with Crippen molar-refractivity contribution in [3.8, 4) is 39.3 Å². The third-order valence-electron chi connectivity index (χ3n) is 10.2.